The average molecular weight is 593 g/mol. The van der Waals surface area contributed by atoms with Crippen molar-refractivity contribution in [3.63, 3.8) is 0 Å². The van der Waals surface area contributed by atoms with Crippen molar-refractivity contribution in [2.45, 2.75) is 72.8 Å². The summed E-state index contributed by atoms with van der Waals surface area (Å²) in [5.74, 6) is -41.4. The Labute approximate surface area is 181 Å². The average Bonchev–Trinajstić information content (AvgIpc) is 2.56. The fourth-order valence-corrected chi connectivity index (χ4v) is 4.68. The van der Waals surface area contributed by atoms with Gasteiger partial charge in [0.2, 0.25) is 0 Å². The molecule has 0 amide bonds. The minimum Gasteiger partial charge on any atom is -0.200 e. The number of hydrogen-bond donors (Lipinski definition) is 0. The first-order valence-electron chi connectivity index (χ1n) is 7.69. The van der Waals surface area contributed by atoms with Gasteiger partial charge in [0.15, 0.2) is 0 Å². The fourth-order valence-electron chi connectivity index (χ4n) is 1.93. The van der Waals surface area contributed by atoms with Crippen LogP contribution in [0.15, 0.2) is 0 Å². The van der Waals surface area contributed by atoms with Crippen LogP contribution >= 0.6 is 22.2 Å². The van der Waals surface area contributed by atoms with Gasteiger partial charge in [-0.05, 0) is 12.1 Å². The molecule has 0 spiro atoms. The van der Waals surface area contributed by atoms with Crippen LogP contribution in [0, 0.1) is 0 Å². The summed E-state index contributed by atoms with van der Waals surface area (Å²) in [7, 11) is 0. The molecule has 21 heteroatoms. The predicted molar refractivity (Wildman–Crippen MR) is 78.1 cm³/mol. The topological polar surface area (TPSA) is 0 Å². The standard InChI is InChI=1S/C12H8Cl2F18Si/c13-33(14,3-1-5(15,16)7(19,20)9(23,24)11(27,28)29)4-2-6(17,18)8(21,22)10(25,26)12(30,31)32/h1-4H2. The van der Waals surface area contributed by atoms with E-state index in [9.17, 15) is 79.0 Å². The lowest BCUT2D eigenvalue weighted by Gasteiger charge is -2.35. The largest absolute Gasteiger partial charge is 0.460 e. The smallest absolute Gasteiger partial charge is 0.200 e. The van der Waals surface area contributed by atoms with Gasteiger partial charge in [0.05, 0.1) is 0 Å². The molecule has 0 aromatic heterocycles. The molecule has 0 N–H and O–H groups in total. The zero-order chi connectivity index (χ0) is 27.3. The highest BCUT2D eigenvalue weighted by Gasteiger charge is 2.82. The Hall–Kier alpha value is -0.463. The second-order valence-corrected chi connectivity index (χ2v) is 14.2. The molecule has 0 aliphatic rings. The molecule has 0 aromatic rings. The second-order valence-electron chi connectivity index (χ2n) is 6.56. The quantitative estimate of drug-likeness (QED) is 0.135. The molecule has 0 nitrogen and oxygen atoms in total. The Balaban J connectivity index is 5.55. The van der Waals surface area contributed by atoms with Gasteiger partial charge in [0, 0.05) is 12.8 Å². The van der Waals surface area contributed by atoms with Crippen LogP contribution in [-0.2, 0) is 0 Å². The van der Waals surface area contributed by atoms with E-state index in [-0.39, 0.29) is 0 Å². The van der Waals surface area contributed by atoms with E-state index in [0.717, 1.165) is 0 Å². The van der Waals surface area contributed by atoms with Crippen LogP contribution in [0.3, 0.4) is 0 Å². The minimum absolute atomic E-state index is 1.95. The van der Waals surface area contributed by atoms with Gasteiger partial charge in [0.1, 0.15) is 0 Å². The second kappa shape index (κ2) is 8.88. The molecule has 0 aliphatic carbocycles. The minimum atomic E-state index is -7.31. The van der Waals surface area contributed by atoms with Crippen molar-refractivity contribution in [2.24, 2.45) is 0 Å². The summed E-state index contributed by atoms with van der Waals surface area (Å²) in [6.45, 7) is -5.02. The molecule has 0 unspecified atom stereocenters. The highest BCUT2D eigenvalue weighted by atomic mass is 35.7. The van der Waals surface area contributed by atoms with Crippen LogP contribution in [-0.4, -0.2) is 54.6 Å². The zero-order valence-corrected chi connectivity index (χ0v) is 17.4. The van der Waals surface area contributed by atoms with Crippen LogP contribution in [0.2, 0.25) is 12.1 Å². The Morgan fingerprint density at radius 2 is 0.606 bits per heavy atom. The van der Waals surface area contributed by atoms with Gasteiger partial charge in [-0.2, -0.15) is 79.0 Å². The first-order valence-corrected chi connectivity index (χ1v) is 12.1. The highest BCUT2D eigenvalue weighted by molar-refractivity contribution is 7.45. The number of rotatable bonds is 10. The molecule has 0 rings (SSSR count). The van der Waals surface area contributed by atoms with E-state index in [2.05, 4.69) is 0 Å². The van der Waals surface area contributed by atoms with E-state index in [1.807, 2.05) is 0 Å². The SMILES string of the molecule is FC(F)(F)C(F)(F)C(F)(F)C(F)(F)CC[Si](Cl)(Cl)CCC(F)(F)C(F)(F)C(F)(F)C(F)(F)F. The molecule has 0 saturated heterocycles. The third-order valence-corrected chi connectivity index (χ3v) is 8.26. The molecule has 0 bridgehead atoms. The predicted octanol–water partition coefficient (Wildman–Crippen LogP) is 8.62. The molecule has 0 fully saturated rings. The van der Waals surface area contributed by atoms with Gasteiger partial charge >= 0.3 is 47.9 Å². The van der Waals surface area contributed by atoms with Crippen molar-refractivity contribution in [1.29, 1.82) is 0 Å². The normalized spacial score (nSPS) is 16.4. The Kier molecular flexibility index (Phi) is 8.76. The van der Waals surface area contributed by atoms with Crippen LogP contribution in [0.1, 0.15) is 12.8 Å². The summed E-state index contributed by atoms with van der Waals surface area (Å²) >= 11 is 10.4. The molecule has 33 heavy (non-hydrogen) atoms. The van der Waals surface area contributed by atoms with Crippen molar-refractivity contribution < 1.29 is 79.0 Å². The molecule has 0 aromatic carbocycles. The summed E-state index contributed by atoms with van der Waals surface area (Å²) in [6.07, 6.45) is -19.9. The van der Waals surface area contributed by atoms with Crippen LogP contribution < -0.4 is 0 Å². The van der Waals surface area contributed by atoms with Crippen molar-refractivity contribution in [1.82, 2.24) is 0 Å². The van der Waals surface area contributed by atoms with E-state index in [0.29, 0.717) is 0 Å². The van der Waals surface area contributed by atoms with Gasteiger partial charge in [-0.25, -0.2) is 0 Å². The van der Waals surface area contributed by atoms with Gasteiger partial charge in [0.25, 0.3) is 6.69 Å². The molecule has 200 valence electrons. The monoisotopic (exact) mass is 592 g/mol. The Bertz CT molecular complexity index is 623. The van der Waals surface area contributed by atoms with Crippen LogP contribution in [0.5, 0.6) is 0 Å². The van der Waals surface area contributed by atoms with Gasteiger partial charge in [-0.3, -0.25) is 0 Å². The van der Waals surface area contributed by atoms with Crippen LogP contribution in [0.25, 0.3) is 0 Å². The summed E-state index contributed by atoms with van der Waals surface area (Å²) in [5, 5.41) is 0. The summed E-state index contributed by atoms with van der Waals surface area (Å²) in [4.78, 5) is 0. The molecule has 0 atom stereocenters. The number of alkyl halides is 18. The van der Waals surface area contributed by atoms with Gasteiger partial charge < -0.3 is 0 Å². The molecule has 0 saturated carbocycles. The van der Waals surface area contributed by atoms with E-state index in [4.69, 9.17) is 22.2 Å². The van der Waals surface area contributed by atoms with E-state index in [1.165, 1.54) is 0 Å². The summed E-state index contributed by atoms with van der Waals surface area (Å²) < 4.78 is 229. The van der Waals surface area contributed by atoms with E-state index in [1.54, 1.807) is 0 Å². The fraction of sp³-hybridized carbons (Fsp3) is 1.00. The Morgan fingerprint density at radius 3 is 0.788 bits per heavy atom. The van der Waals surface area contributed by atoms with Crippen molar-refractivity contribution in [2.75, 3.05) is 0 Å². The molecule has 0 aliphatic heterocycles. The van der Waals surface area contributed by atoms with Gasteiger partial charge in [-0.1, -0.05) is 0 Å². The molecular formula is C12H8Cl2F18Si. The highest BCUT2D eigenvalue weighted by Crippen LogP contribution is 2.57. The van der Waals surface area contributed by atoms with Gasteiger partial charge in [-0.15, -0.1) is 22.2 Å². The summed E-state index contributed by atoms with van der Waals surface area (Å²) in [5.41, 5.74) is 0. The zero-order valence-electron chi connectivity index (χ0n) is 14.9. The Morgan fingerprint density at radius 1 is 0.394 bits per heavy atom. The first kappa shape index (κ1) is 32.5. The van der Waals surface area contributed by atoms with Crippen LogP contribution in [0.4, 0.5) is 79.0 Å². The number of halogens is 20. The molecular weight excluding hydrogens is 585 g/mol. The molecule has 0 heterocycles. The third-order valence-electron chi connectivity index (χ3n) is 4.03. The third kappa shape index (κ3) is 6.03. The lowest BCUT2D eigenvalue weighted by molar-refractivity contribution is -0.396. The lowest BCUT2D eigenvalue weighted by atomic mass is 10.0. The van der Waals surface area contributed by atoms with Crippen molar-refractivity contribution in [3.8, 4) is 0 Å². The maximum Gasteiger partial charge on any atom is 0.460 e. The summed E-state index contributed by atoms with van der Waals surface area (Å²) in [6, 6.07) is -3.91. The lowest BCUT2D eigenvalue weighted by Crippen LogP contribution is -2.61. The first-order chi connectivity index (χ1) is 13.9. The number of hydrogen-bond acceptors (Lipinski definition) is 0. The van der Waals surface area contributed by atoms with E-state index >= 15 is 0 Å². The van der Waals surface area contributed by atoms with Crippen molar-refractivity contribution >= 4 is 28.9 Å². The maximum absolute atomic E-state index is 13.4. The maximum atomic E-state index is 13.4. The van der Waals surface area contributed by atoms with Crippen molar-refractivity contribution in [3.05, 3.63) is 0 Å². The molecule has 0 radical (unpaired) electrons. The van der Waals surface area contributed by atoms with E-state index < -0.39 is 79.5 Å².